The lowest BCUT2D eigenvalue weighted by molar-refractivity contribution is 0.244. The predicted molar refractivity (Wildman–Crippen MR) is 81.4 cm³/mol. The second-order valence-corrected chi connectivity index (χ2v) is 5.13. The number of nitrogens with zero attached hydrogens (tertiary/aromatic N) is 3. The summed E-state index contributed by atoms with van der Waals surface area (Å²) in [6.07, 6.45) is 7.60. The standard InChI is InChI=1S/C16H20N4/c1-4-11-20(12-5-1)13-19-15-8-6-10-18-16(15)14-7-2-3-9-17-14/h2-3,6-10,19H,1,4-5,11-13H2. The summed E-state index contributed by atoms with van der Waals surface area (Å²) in [4.78, 5) is 11.3. The van der Waals surface area contributed by atoms with Crippen LogP contribution in [0, 0.1) is 0 Å². The molecule has 1 aliphatic heterocycles. The molecule has 2 aromatic rings. The molecule has 0 amide bonds. The minimum Gasteiger partial charge on any atom is -0.370 e. The van der Waals surface area contributed by atoms with E-state index in [0.717, 1.165) is 23.7 Å². The molecule has 1 N–H and O–H groups in total. The SMILES string of the molecule is c1ccc(-c2ncccc2NCN2CCCCC2)nc1. The monoisotopic (exact) mass is 268 g/mol. The third-order valence-electron chi connectivity index (χ3n) is 3.66. The average molecular weight is 268 g/mol. The second-order valence-electron chi connectivity index (χ2n) is 5.13. The van der Waals surface area contributed by atoms with Gasteiger partial charge in [-0.3, -0.25) is 14.9 Å². The molecule has 0 bridgehead atoms. The summed E-state index contributed by atoms with van der Waals surface area (Å²) >= 11 is 0. The van der Waals surface area contributed by atoms with Crippen molar-refractivity contribution in [2.24, 2.45) is 0 Å². The van der Waals surface area contributed by atoms with E-state index in [0.29, 0.717) is 0 Å². The highest BCUT2D eigenvalue weighted by molar-refractivity contribution is 5.71. The van der Waals surface area contributed by atoms with E-state index >= 15 is 0 Å². The lowest BCUT2D eigenvalue weighted by atomic mass is 10.1. The van der Waals surface area contributed by atoms with E-state index in [-0.39, 0.29) is 0 Å². The number of pyridine rings is 2. The van der Waals surface area contributed by atoms with Crippen LogP contribution in [0.25, 0.3) is 11.4 Å². The van der Waals surface area contributed by atoms with Gasteiger partial charge in [0, 0.05) is 12.4 Å². The molecular weight excluding hydrogens is 248 g/mol. The van der Waals surface area contributed by atoms with Crippen LogP contribution in [0.15, 0.2) is 42.7 Å². The van der Waals surface area contributed by atoms with E-state index in [2.05, 4.69) is 26.3 Å². The summed E-state index contributed by atoms with van der Waals surface area (Å²) in [5.41, 5.74) is 2.89. The molecule has 3 heterocycles. The summed E-state index contributed by atoms with van der Waals surface area (Å²) < 4.78 is 0. The molecule has 0 aliphatic carbocycles. The van der Waals surface area contributed by atoms with Crippen LogP contribution in [0.2, 0.25) is 0 Å². The van der Waals surface area contributed by atoms with Gasteiger partial charge in [-0.15, -0.1) is 0 Å². The van der Waals surface area contributed by atoms with E-state index in [9.17, 15) is 0 Å². The van der Waals surface area contributed by atoms with Crippen molar-refractivity contribution >= 4 is 5.69 Å². The zero-order valence-electron chi connectivity index (χ0n) is 11.6. The zero-order valence-corrected chi connectivity index (χ0v) is 11.6. The van der Waals surface area contributed by atoms with E-state index < -0.39 is 0 Å². The Hall–Kier alpha value is -1.94. The van der Waals surface area contributed by atoms with Crippen LogP contribution in [-0.4, -0.2) is 34.6 Å². The fourth-order valence-corrected chi connectivity index (χ4v) is 2.57. The third-order valence-corrected chi connectivity index (χ3v) is 3.66. The van der Waals surface area contributed by atoms with Gasteiger partial charge in [-0.1, -0.05) is 12.5 Å². The topological polar surface area (TPSA) is 41.1 Å². The molecule has 0 aromatic carbocycles. The van der Waals surface area contributed by atoms with E-state index in [4.69, 9.17) is 0 Å². The number of nitrogens with one attached hydrogen (secondary N) is 1. The van der Waals surface area contributed by atoms with E-state index in [1.165, 1.54) is 32.4 Å². The normalized spacial score (nSPS) is 16.0. The van der Waals surface area contributed by atoms with Gasteiger partial charge in [0.15, 0.2) is 0 Å². The van der Waals surface area contributed by atoms with Crippen LogP contribution in [0.3, 0.4) is 0 Å². The Bertz CT molecular complexity index is 535. The zero-order chi connectivity index (χ0) is 13.6. The molecule has 3 rings (SSSR count). The third kappa shape index (κ3) is 3.14. The largest absolute Gasteiger partial charge is 0.370 e. The van der Waals surface area contributed by atoms with Crippen molar-refractivity contribution in [1.29, 1.82) is 0 Å². The lowest BCUT2D eigenvalue weighted by Gasteiger charge is -2.27. The molecule has 0 unspecified atom stereocenters. The van der Waals surface area contributed by atoms with Gasteiger partial charge in [0.25, 0.3) is 0 Å². The van der Waals surface area contributed by atoms with Gasteiger partial charge in [-0.2, -0.15) is 0 Å². The highest BCUT2D eigenvalue weighted by Gasteiger charge is 2.11. The van der Waals surface area contributed by atoms with Gasteiger partial charge in [0.1, 0.15) is 5.69 Å². The van der Waals surface area contributed by atoms with E-state index in [1.54, 1.807) is 6.20 Å². The summed E-state index contributed by atoms with van der Waals surface area (Å²) in [6.45, 7) is 3.25. The van der Waals surface area contributed by atoms with Crippen molar-refractivity contribution in [1.82, 2.24) is 14.9 Å². The Morgan fingerprint density at radius 1 is 0.950 bits per heavy atom. The molecule has 1 fully saturated rings. The van der Waals surface area contributed by atoms with Crippen molar-refractivity contribution < 1.29 is 0 Å². The predicted octanol–water partition coefficient (Wildman–Crippen LogP) is 3.00. The molecule has 4 heteroatoms. The summed E-state index contributed by atoms with van der Waals surface area (Å²) in [5.74, 6) is 0. The highest BCUT2D eigenvalue weighted by Crippen LogP contribution is 2.23. The Labute approximate surface area is 119 Å². The Morgan fingerprint density at radius 3 is 2.60 bits per heavy atom. The van der Waals surface area contributed by atoms with Crippen molar-refractivity contribution in [3.05, 3.63) is 42.7 Å². The Balaban J connectivity index is 1.73. The number of aromatic nitrogens is 2. The smallest absolute Gasteiger partial charge is 0.112 e. The maximum Gasteiger partial charge on any atom is 0.112 e. The van der Waals surface area contributed by atoms with Crippen molar-refractivity contribution in [2.75, 3.05) is 25.1 Å². The van der Waals surface area contributed by atoms with Gasteiger partial charge in [0.2, 0.25) is 0 Å². The summed E-state index contributed by atoms with van der Waals surface area (Å²) in [6, 6.07) is 9.94. The molecule has 0 saturated carbocycles. The van der Waals surface area contributed by atoms with Crippen LogP contribution in [0.1, 0.15) is 19.3 Å². The van der Waals surface area contributed by atoms with Gasteiger partial charge in [-0.25, -0.2) is 0 Å². The van der Waals surface area contributed by atoms with Crippen LogP contribution in [-0.2, 0) is 0 Å². The quantitative estimate of drug-likeness (QED) is 0.925. The molecule has 20 heavy (non-hydrogen) atoms. The molecular formula is C16H20N4. The van der Waals surface area contributed by atoms with Crippen LogP contribution >= 0.6 is 0 Å². The number of anilines is 1. The van der Waals surface area contributed by atoms with E-state index in [1.807, 2.05) is 30.5 Å². The van der Waals surface area contributed by atoms with Crippen molar-refractivity contribution in [2.45, 2.75) is 19.3 Å². The lowest BCUT2D eigenvalue weighted by Crippen LogP contribution is -2.34. The van der Waals surface area contributed by atoms with Crippen molar-refractivity contribution in [3.8, 4) is 11.4 Å². The first-order valence-electron chi connectivity index (χ1n) is 7.26. The Morgan fingerprint density at radius 2 is 1.80 bits per heavy atom. The first-order chi connectivity index (χ1) is 9.93. The highest BCUT2D eigenvalue weighted by atomic mass is 15.2. The molecule has 0 spiro atoms. The number of rotatable bonds is 4. The van der Waals surface area contributed by atoms with Crippen LogP contribution in [0.4, 0.5) is 5.69 Å². The molecule has 0 atom stereocenters. The molecule has 2 aromatic heterocycles. The number of hydrogen-bond donors (Lipinski definition) is 1. The first kappa shape index (κ1) is 13.1. The molecule has 0 radical (unpaired) electrons. The van der Waals surface area contributed by atoms with Crippen LogP contribution < -0.4 is 5.32 Å². The van der Waals surface area contributed by atoms with Gasteiger partial charge >= 0.3 is 0 Å². The average Bonchev–Trinajstić information content (AvgIpc) is 2.55. The summed E-state index contributed by atoms with van der Waals surface area (Å²) in [7, 11) is 0. The summed E-state index contributed by atoms with van der Waals surface area (Å²) in [5, 5.41) is 3.50. The molecule has 1 saturated heterocycles. The molecule has 104 valence electrons. The van der Waals surface area contributed by atoms with Gasteiger partial charge < -0.3 is 5.32 Å². The maximum absolute atomic E-state index is 4.47. The number of likely N-dealkylation sites (tertiary alicyclic amines) is 1. The first-order valence-corrected chi connectivity index (χ1v) is 7.26. The number of hydrogen-bond acceptors (Lipinski definition) is 4. The van der Waals surface area contributed by atoms with Gasteiger partial charge in [0.05, 0.1) is 18.1 Å². The minimum absolute atomic E-state index is 0.880. The fraction of sp³-hybridized carbons (Fsp3) is 0.375. The fourth-order valence-electron chi connectivity index (χ4n) is 2.57. The van der Waals surface area contributed by atoms with Gasteiger partial charge in [-0.05, 0) is 50.2 Å². The Kier molecular flexibility index (Phi) is 4.23. The molecule has 4 nitrogen and oxygen atoms in total. The van der Waals surface area contributed by atoms with Crippen molar-refractivity contribution in [3.63, 3.8) is 0 Å². The minimum atomic E-state index is 0.880. The maximum atomic E-state index is 4.47. The van der Waals surface area contributed by atoms with Crippen LogP contribution in [0.5, 0.6) is 0 Å². The second kappa shape index (κ2) is 6.48. The molecule has 1 aliphatic rings. The number of piperidine rings is 1.